The standard InChI is InChI=1S/C18H19N5O2/c1-13-14(12-21-23(13)2)11-20-18(24)22-15-8-9-19-17(10-15)25-16-6-4-3-5-7-16/h3-10,12H,11H2,1-2H3,(H2,19,20,22,24). The highest BCUT2D eigenvalue weighted by molar-refractivity contribution is 5.89. The molecule has 0 saturated carbocycles. The van der Waals surface area contributed by atoms with Crippen molar-refractivity contribution in [2.45, 2.75) is 13.5 Å². The number of ether oxygens (including phenoxy) is 1. The second-order valence-corrected chi connectivity index (χ2v) is 5.48. The fourth-order valence-corrected chi connectivity index (χ4v) is 2.22. The molecule has 0 aliphatic rings. The van der Waals surface area contributed by atoms with Crippen molar-refractivity contribution in [1.29, 1.82) is 0 Å². The summed E-state index contributed by atoms with van der Waals surface area (Å²) in [6.07, 6.45) is 3.33. The summed E-state index contributed by atoms with van der Waals surface area (Å²) < 4.78 is 7.42. The molecule has 7 nitrogen and oxygen atoms in total. The first kappa shape index (κ1) is 16.5. The SMILES string of the molecule is Cc1c(CNC(=O)Nc2ccnc(Oc3ccccc3)c2)cnn1C. The van der Waals surface area contributed by atoms with Gasteiger partial charge in [-0.2, -0.15) is 5.10 Å². The molecule has 0 atom stereocenters. The van der Waals surface area contributed by atoms with Gasteiger partial charge in [-0.3, -0.25) is 4.68 Å². The third kappa shape index (κ3) is 4.35. The number of aromatic nitrogens is 3. The summed E-state index contributed by atoms with van der Waals surface area (Å²) in [5.74, 6) is 1.09. The molecule has 0 fully saturated rings. The molecule has 2 heterocycles. The molecule has 2 amide bonds. The van der Waals surface area contributed by atoms with Gasteiger partial charge in [0.2, 0.25) is 5.88 Å². The van der Waals surface area contributed by atoms with Crippen molar-refractivity contribution in [3.8, 4) is 11.6 Å². The van der Waals surface area contributed by atoms with E-state index >= 15 is 0 Å². The second kappa shape index (κ2) is 7.48. The minimum absolute atomic E-state index is 0.305. The predicted molar refractivity (Wildman–Crippen MR) is 94.6 cm³/mol. The Balaban J connectivity index is 1.58. The molecule has 0 saturated heterocycles. The Morgan fingerprint density at radius 1 is 1.24 bits per heavy atom. The van der Waals surface area contributed by atoms with Crippen LogP contribution in [0.15, 0.2) is 54.9 Å². The van der Waals surface area contributed by atoms with Gasteiger partial charge in [0.1, 0.15) is 5.75 Å². The van der Waals surface area contributed by atoms with Crippen LogP contribution >= 0.6 is 0 Å². The second-order valence-electron chi connectivity index (χ2n) is 5.48. The fraction of sp³-hybridized carbons (Fsp3) is 0.167. The molecule has 7 heteroatoms. The quantitative estimate of drug-likeness (QED) is 0.749. The first-order valence-corrected chi connectivity index (χ1v) is 7.83. The van der Waals surface area contributed by atoms with Gasteiger partial charge in [0.05, 0.1) is 6.20 Å². The number of hydrogen-bond donors (Lipinski definition) is 2. The van der Waals surface area contributed by atoms with Crippen LogP contribution in [-0.4, -0.2) is 20.8 Å². The number of amides is 2. The van der Waals surface area contributed by atoms with Crippen molar-refractivity contribution in [2.24, 2.45) is 7.05 Å². The number of nitrogens with zero attached hydrogens (tertiary/aromatic N) is 3. The molecule has 3 rings (SSSR count). The van der Waals surface area contributed by atoms with Gasteiger partial charge in [0.25, 0.3) is 0 Å². The maximum atomic E-state index is 12.1. The number of para-hydroxylation sites is 1. The number of carbonyl (C=O) groups excluding carboxylic acids is 1. The lowest BCUT2D eigenvalue weighted by atomic mass is 10.2. The maximum absolute atomic E-state index is 12.1. The summed E-state index contributed by atoms with van der Waals surface area (Å²) in [5.41, 5.74) is 2.59. The number of hydrogen-bond acceptors (Lipinski definition) is 4. The van der Waals surface area contributed by atoms with E-state index in [1.165, 1.54) is 0 Å². The summed E-state index contributed by atoms with van der Waals surface area (Å²) in [5, 5.41) is 9.72. The van der Waals surface area contributed by atoms with Crippen LogP contribution in [0.5, 0.6) is 11.6 Å². The first-order valence-electron chi connectivity index (χ1n) is 7.83. The van der Waals surface area contributed by atoms with Crippen molar-refractivity contribution >= 4 is 11.7 Å². The van der Waals surface area contributed by atoms with Gasteiger partial charge in [0, 0.05) is 42.8 Å². The lowest BCUT2D eigenvalue weighted by Crippen LogP contribution is -2.28. The molecule has 0 aliphatic carbocycles. The summed E-state index contributed by atoms with van der Waals surface area (Å²) in [6.45, 7) is 2.36. The van der Waals surface area contributed by atoms with Crippen LogP contribution in [0.1, 0.15) is 11.3 Å². The average Bonchev–Trinajstić information content (AvgIpc) is 2.93. The van der Waals surface area contributed by atoms with E-state index in [0.717, 1.165) is 11.3 Å². The van der Waals surface area contributed by atoms with E-state index in [1.807, 2.05) is 44.3 Å². The monoisotopic (exact) mass is 337 g/mol. The number of pyridine rings is 1. The number of carbonyl (C=O) groups is 1. The fourth-order valence-electron chi connectivity index (χ4n) is 2.22. The first-order chi connectivity index (χ1) is 12.1. The Hall–Kier alpha value is -3.35. The van der Waals surface area contributed by atoms with E-state index in [1.54, 1.807) is 29.2 Å². The summed E-state index contributed by atoms with van der Waals surface area (Å²) in [4.78, 5) is 16.2. The molecule has 25 heavy (non-hydrogen) atoms. The molecular formula is C18H19N5O2. The highest BCUT2D eigenvalue weighted by Crippen LogP contribution is 2.21. The number of anilines is 1. The van der Waals surface area contributed by atoms with Gasteiger partial charge >= 0.3 is 6.03 Å². The van der Waals surface area contributed by atoms with Gasteiger partial charge in [-0.15, -0.1) is 0 Å². The average molecular weight is 337 g/mol. The van der Waals surface area contributed by atoms with Crippen LogP contribution in [0.25, 0.3) is 0 Å². The van der Waals surface area contributed by atoms with Crippen LogP contribution in [0.4, 0.5) is 10.5 Å². The van der Waals surface area contributed by atoms with Crippen LogP contribution in [0.2, 0.25) is 0 Å². The minimum atomic E-state index is -0.305. The Bertz CT molecular complexity index is 861. The number of urea groups is 1. The van der Waals surface area contributed by atoms with E-state index < -0.39 is 0 Å². The zero-order chi connectivity index (χ0) is 17.6. The van der Waals surface area contributed by atoms with E-state index in [2.05, 4.69) is 20.7 Å². The van der Waals surface area contributed by atoms with E-state index in [-0.39, 0.29) is 6.03 Å². The van der Waals surface area contributed by atoms with Crippen LogP contribution < -0.4 is 15.4 Å². The summed E-state index contributed by atoms with van der Waals surface area (Å²) in [7, 11) is 1.87. The zero-order valence-corrected chi connectivity index (χ0v) is 14.1. The lowest BCUT2D eigenvalue weighted by Gasteiger charge is -2.09. The van der Waals surface area contributed by atoms with E-state index in [4.69, 9.17) is 4.74 Å². The van der Waals surface area contributed by atoms with Gasteiger partial charge in [-0.25, -0.2) is 9.78 Å². The molecule has 0 spiro atoms. The molecule has 0 aliphatic heterocycles. The van der Waals surface area contributed by atoms with Gasteiger partial charge in [-0.1, -0.05) is 18.2 Å². The highest BCUT2D eigenvalue weighted by Gasteiger charge is 2.07. The largest absolute Gasteiger partial charge is 0.439 e. The van der Waals surface area contributed by atoms with Crippen molar-refractivity contribution in [2.75, 3.05) is 5.32 Å². The van der Waals surface area contributed by atoms with Gasteiger partial charge in [0.15, 0.2) is 0 Å². The number of aryl methyl sites for hydroxylation is 1. The highest BCUT2D eigenvalue weighted by atomic mass is 16.5. The molecule has 2 N–H and O–H groups in total. The van der Waals surface area contributed by atoms with Gasteiger partial charge < -0.3 is 15.4 Å². The Labute approximate surface area is 145 Å². The van der Waals surface area contributed by atoms with Crippen LogP contribution in [0, 0.1) is 6.92 Å². The predicted octanol–water partition coefficient (Wildman–Crippen LogP) is 3.24. The van der Waals surface area contributed by atoms with Crippen molar-refractivity contribution in [3.05, 3.63) is 66.1 Å². The topological polar surface area (TPSA) is 81.1 Å². The smallest absolute Gasteiger partial charge is 0.319 e. The molecule has 0 unspecified atom stereocenters. The number of benzene rings is 1. The number of rotatable bonds is 5. The molecular weight excluding hydrogens is 318 g/mol. The minimum Gasteiger partial charge on any atom is -0.439 e. The normalized spacial score (nSPS) is 10.3. The molecule has 0 bridgehead atoms. The third-order valence-corrected chi connectivity index (χ3v) is 3.73. The lowest BCUT2D eigenvalue weighted by molar-refractivity contribution is 0.251. The maximum Gasteiger partial charge on any atom is 0.319 e. The summed E-state index contributed by atoms with van der Waals surface area (Å²) in [6, 6.07) is 12.4. The molecule has 128 valence electrons. The molecule has 1 aromatic carbocycles. The molecule has 2 aromatic heterocycles. The van der Waals surface area contributed by atoms with E-state index in [9.17, 15) is 4.79 Å². The van der Waals surface area contributed by atoms with E-state index in [0.29, 0.717) is 23.9 Å². The van der Waals surface area contributed by atoms with Gasteiger partial charge in [-0.05, 0) is 25.1 Å². The molecule has 0 radical (unpaired) electrons. The number of nitrogens with one attached hydrogen (secondary N) is 2. The van der Waals surface area contributed by atoms with Crippen LogP contribution in [0.3, 0.4) is 0 Å². The van der Waals surface area contributed by atoms with Crippen molar-refractivity contribution < 1.29 is 9.53 Å². The summed E-state index contributed by atoms with van der Waals surface area (Å²) >= 11 is 0. The third-order valence-electron chi connectivity index (χ3n) is 3.73. The zero-order valence-electron chi connectivity index (χ0n) is 14.1. The van der Waals surface area contributed by atoms with Crippen LogP contribution in [-0.2, 0) is 13.6 Å². The Morgan fingerprint density at radius 3 is 2.76 bits per heavy atom. The Morgan fingerprint density at radius 2 is 2.04 bits per heavy atom. The van der Waals surface area contributed by atoms with Crippen molar-refractivity contribution in [1.82, 2.24) is 20.1 Å². The Kier molecular flexibility index (Phi) is 4.94. The van der Waals surface area contributed by atoms with Crippen molar-refractivity contribution in [3.63, 3.8) is 0 Å². The molecule has 3 aromatic rings.